The summed E-state index contributed by atoms with van der Waals surface area (Å²) in [5, 5.41) is 0. The van der Waals surface area contributed by atoms with Gasteiger partial charge in [-0.3, -0.25) is 19.4 Å². The van der Waals surface area contributed by atoms with Gasteiger partial charge in [0.2, 0.25) is 0 Å². The molecule has 0 radical (unpaired) electrons. The molecule has 32 heavy (non-hydrogen) atoms. The third-order valence-corrected chi connectivity index (χ3v) is 6.72. The van der Waals surface area contributed by atoms with Crippen molar-refractivity contribution in [1.29, 1.82) is 0 Å². The van der Waals surface area contributed by atoms with Gasteiger partial charge in [-0.15, -0.1) is 0 Å². The number of benzene rings is 2. The number of nitrogens with one attached hydrogen (secondary N) is 1. The van der Waals surface area contributed by atoms with Gasteiger partial charge in [-0.05, 0) is 66.2 Å². The van der Waals surface area contributed by atoms with E-state index >= 15 is 0 Å². The number of rotatable bonds is 6. The normalized spacial score (nSPS) is 14.8. The van der Waals surface area contributed by atoms with Crippen LogP contribution in [0.4, 0.5) is 10.1 Å². The average Bonchev–Trinajstić information content (AvgIpc) is 2.80. The second-order valence-electron chi connectivity index (χ2n) is 7.56. The highest BCUT2D eigenvalue weighted by molar-refractivity contribution is 7.92. The van der Waals surface area contributed by atoms with E-state index in [1.165, 1.54) is 17.7 Å². The lowest BCUT2D eigenvalue weighted by atomic mass is 10.1. The maximum Gasteiger partial charge on any atom is 0.261 e. The molecule has 1 fully saturated rings. The van der Waals surface area contributed by atoms with Crippen molar-refractivity contribution in [2.45, 2.75) is 11.4 Å². The molecule has 1 aromatic heterocycles. The number of halogens is 1. The molecule has 0 atom stereocenters. The molecule has 3 aromatic rings. The minimum Gasteiger partial charge on any atom is -0.336 e. The molecule has 1 saturated heterocycles. The van der Waals surface area contributed by atoms with Crippen LogP contribution in [0.15, 0.2) is 78.0 Å². The highest BCUT2D eigenvalue weighted by Crippen LogP contribution is 2.18. The molecule has 9 heteroatoms. The first-order valence-electron chi connectivity index (χ1n) is 10.2. The summed E-state index contributed by atoms with van der Waals surface area (Å²) in [5.74, 6) is -0.591. The average molecular weight is 455 g/mol. The number of nitrogens with zero attached hydrogens (tertiary/aromatic N) is 3. The van der Waals surface area contributed by atoms with E-state index in [1.54, 1.807) is 41.6 Å². The Morgan fingerprint density at radius 3 is 2.16 bits per heavy atom. The van der Waals surface area contributed by atoms with Gasteiger partial charge in [-0.1, -0.05) is 0 Å². The lowest BCUT2D eigenvalue weighted by Gasteiger charge is -2.34. The molecule has 1 N–H and O–H groups in total. The Balaban J connectivity index is 1.34. The van der Waals surface area contributed by atoms with Crippen LogP contribution in [0.25, 0.3) is 0 Å². The van der Waals surface area contributed by atoms with Crippen LogP contribution < -0.4 is 4.72 Å². The Kier molecular flexibility index (Phi) is 6.48. The molecule has 0 aliphatic carbocycles. The first kappa shape index (κ1) is 21.9. The van der Waals surface area contributed by atoms with Gasteiger partial charge in [-0.25, -0.2) is 12.8 Å². The van der Waals surface area contributed by atoms with Crippen molar-refractivity contribution in [1.82, 2.24) is 14.8 Å². The van der Waals surface area contributed by atoms with Crippen LogP contribution in [0.1, 0.15) is 15.9 Å². The number of hydrogen-bond donors (Lipinski definition) is 1. The van der Waals surface area contributed by atoms with Crippen LogP contribution in [0, 0.1) is 5.82 Å². The first-order chi connectivity index (χ1) is 15.4. The van der Waals surface area contributed by atoms with Gasteiger partial charge in [0.1, 0.15) is 5.82 Å². The molecule has 7 nitrogen and oxygen atoms in total. The van der Waals surface area contributed by atoms with E-state index in [9.17, 15) is 17.6 Å². The summed E-state index contributed by atoms with van der Waals surface area (Å²) >= 11 is 0. The van der Waals surface area contributed by atoms with Gasteiger partial charge >= 0.3 is 0 Å². The highest BCUT2D eigenvalue weighted by Gasteiger charge is 2.22. The molecule has 4 rings (SSSR count). The van der Waals surface area contributed by atoms with Gasteiger partial charge < -0.3 is 4.90 Å². The molecular formula is C23H23FN4O3S. The fourth-order valence-electron chi connectivity index (χ4n) is 3.55. The molecule has 1 aliphatic rings. The topological polar surface area (TPSA) is 82.6 Å². The maximum atomic E-state index is 13.0. The van der Waals surface area contributed by atoms with Crippen LogP contribution in [-0.4, -0.2) is 55.3 Å². The summed E-state index contributed by atoms with van der Waals surface area (Å²) in [4.78, 5) is 20.9. The van der Waals surface area contributed by atoms with Crippen molar-refractivity contribution in [2.75, 3.05) is 30.9 Å². The zero-order chi connectivity index (χ0) is 22.6. The van der Waals surface area contributed by atoms with E-state index in [2.05, 4.69) is 14.6 Å². The summed E-state index contributed by atoms with van der Waals surface area (Å²) in [7, 11) is -3.84. The standard InChI is InChI=1S/C23H23FN4O3S/c24-20-3-7-22(8-4-20)32(30,31)26-21-5-1-19(2-6-21)23(29)28-15-13-27(14-16-28)17-18-9-11-25-12-10-18/h1-12,26H,13-17H2. The summed E-state index contributed by atoms with van der Waals surface area (Å²) in [5.41, 5.74) is 2.02. The van der Waals surface area contributed by atoms with Crippen molar-refractivity contribution in [3.8, 4) is 0 Å². The smallest absolute Gasteiger partial charge is 0.261 e. The van der Waals surface area contributed by atoms with Crippen molar-refractivity contribution in [2.24, 2.45) is 0 Å². The number of aromatic nitrogens is 1. The Bertz CT molecular complexity index is 1160. The molecule has 0 spiro atoms. The quantitative estimate of drug-likeness (QED) is 0.619. The summed E-state index contributed by atoms with van der Waals surface area (Å²) < 4.78 is 40.3. The van der Waals surface area contributed by atoms with Crippen LogP contribution in [0.3, 0.4) is 0 Å². The largest absolute Gasteiger partial charge is 0.336 e. The molecule has 1 amide bonds. The lowest BCUT2D eigenvalue weighted by molar-refractivity contribution is 0.0628. The summed E-state index contributed by atoms with van der Waals surface area (Å²) in [6.45, 7) is 3.65. The minimum absolute atomic E-state index is 0.0383. The van der Waals surface area contributed by atoms with Gasteiger partial charge in [0.15, 0.2) is 0 Å². The number of piperazine rings is 1. The van der Waals surface area contributed by atoms with Crippen LogP contribution in [-0.2, 0) is 16.6 Å². The van der Waals surface area contributed by atoms with Crippen molar-refractivity contribution >= 4 is 21.6 Å². The van der Waals surface area contributed by atoms with E-state index in [-0.39, 0.29) is 10.8 Å². The molecule has 1 aliphatic heterocycles. The molecule has 2 aromatic carbocycles. The Hall–Kier alpha value is -3.30. The van der Waals surface area contributed by atoms with Gasteiger partial charge in [0.25, 0.3) is 15.9 Å². The van der Waals surface area contributed by atoms with E-state index in [4.69, 9.17) is 0 Å². The molecular weight excluding hydrogens is 431 g/mol. The predicted molar refractivity (Wildman–Crippen MR) is 119 cm³/mol. The number of amides is 1. The number of pyridine rings is 1. The molecule has 0 unspecified atom stereocenters. The van der Waals surface area contributed by atoms with Crippen molar-refractivity contribution in [3.05, 3.63) is 90.0 Å². The second kappa shape index (κ2) is 9.46. The third kappa shape index (κ3) is 5.30. The second-order valence-corrected chi connectivity index (χ2v) is 9.24. The fourth-order valence-corrected chi connectivity index (χ4v) is 4.61. The number of carbonyl (C=O) groups is 1. The van der Waals surface area contributed by atoms with Gasteiger partial charge in [-0.2, -0.15) is 0 Å². The molecule has 0 bridgehead atoms. The van der Waals surface area contributed by atoms with E-state index in [0.29, 0.717) is 24.3 Å². The van der Waals surface area contributed by atoms with Crippen molar-refractivity contribution in [3.63, 3.8) is 0 Å². The number of sulfonamides is 1. The monoisotopic (exact) mass is 454 g/mol. The molecule has 2 heterocycles. The number of hydrogen-bond acceptors (Lipinski definition) is 5. The van der Waals surface area contributed by atoms with E-state index in [1.807, 2.05) is 12.1 Å². The van der Waals surface area contributed by atoms with E-state index in [0.717, 1.165) is 31.8 Å². The van der Waals surface area contributed by atoms with E-state index < -0.39 is 15.8 Å². The van der Waals surface area contributed by atoms with Crippen molar-refractivity contribution < 1.29 is 17.6 Å². The maximum absolute atomic E-state index is 13.0. The predicted octanol–water partition coefficient (Wildman–Crippen LogP) is 2.98. The Labute approximate surface area is 186 Å². The van der Waals surface area contributed by atoms with Gasteiger partial charge in [0.05, 0.1) is 4.90 Å². The van der Waals surface area contributed by atoms with Crippen LogP contribution in [0.2, 0.25) is 0 Å². The third-order valence-electron chi connectivity index (χ3n) is 5.32. The first-order valence-corrected chi connectivity index (χ1v) is 11.7. The molecule has 0 saturated carbocycles. The SMILES string of the molecule is O=C(c1ccc(NS(=O)(=O)c2ccc(F)cc2)cc1)N1CCN(Cc2ccncc2)CC1. The summed E-state index contributed by atoms with van der Waals surface area (Å²) in [6, 6.07) is 14.9. The van der Waals surface area contributed by atoms with Gasteiger partial charge in [0, 0.05) is 56.4 Å². The number of anilines is 1. The van der Waals surface area contributed by atoms with Crippen LogP contribution >= 0.6 is 0 Å². The molecule has 166 valence electrons. The zero-order valence-electron chi connectivity index (χ0n) is 17.3. The highest BCUT2D eigenvalue weighted by atomic mass is 32.2. The fraction of sp³-hybridized carbons (Fsp3) is 0.217. The lowest BCUT2D eigenvalue weighted by Crippen LogP contribution is -2.48. The Morgan fingerprint density at radius 1 is 0.906 bits per heavy atom. The number of carbonyl (C=O) groups excluding carboxylic acids is 1. The zero-order valence-corrected chi connectivity index (χ0v) is 18.1. The Morgan fingerprint density at radius 2 is 1.53 bits per heavy atom. The van der Waals surface area contributed by atoms with Crippen LogP contribution in [0.5, 0.6) is 0 Å². The summed E-state index contributed by atoms with van der Waals surface area (Å²) in [6.07, 6.45) is 3.55. The minimum atomic E-state index is -3.84.